The van der Waals surface area contributed by atoms with Crippen molar-refractivity contribution in [3.05, 3.63) is 11.9 Å². The third kappa shape index (κ3) is 4.19. The van der Waals surface area contributed by atoms with Gasteiger partial charge in [-0.15, -0.1) is 0 Å². The van der Waals surface area contributed by atoms with Crippen molar-refractivity contribution in [3.8, 4) is 0 Å². The summed E-state index contributed by atoms with van der Waals surface area (Å²) in [5.41, 5.74) is 6.81. The van der Waals surface area contributed by atoms with Crippen LogP contribution in [0.5, 0.6) is 0 Å². The van der Waals surface area contributed by atoms with Crippen molar-refractivity contribution in [2.75, 3.05) is 17.6 Å². The Morgan fingerprint density at radius 2 is 2.06 bits per heavy atom. The van der Waals surface area contributed by atoms with Gasteiger partial charge in [0.05, 0.1) is 6.10 Å². The Hall–Kier alpha value is -1.36. The number of hydrogen-bond acceptors (Lipinski definition) is 5. The third-order valence-corrected chi connectivity index (χ3v) is 2.58. The average Bonchev–Trinajstić information content (AvgIpc) is 2.23. The second kappa shape index (κ2) is 6.39. The lowest BCUT2D eigenvalue weighted by Gasteiger charge is -2.15. The summed E-state index contributed by atoms with van der Waals surface area (Å²) in [5.74, 6) is 1.63. The number of hydrogen-bond donors (Lipinski definition) is 3. The van der Waals surface area contributed by atoms with Crippen LogP contribution in [0.25, 0.3) is 0 Å². The fourth-order valence-corrected chi connectivity index (χ4v) is 1.72. The highest BCUT2D eigenvalue weighted by molar-refractivity contribution is 5.56. The summed E-state index contributed by atoms with van der Waals surface area (Å²) < 4.78 is 0. The molecule has 1 aromatic rings. The molecule has 1 unspecified atom stereocenters. The SMILES string of the molecule is CC(O)CCCNc1ncnc(N)c1C(C)C. The van der Waals surface area contributed by atoms with E-state index in [2.05, 4.69) is 29.1 Å². The normalized spacial score (nSPS) is 12.8. The number of aliphatic hydroxyl groups excluding tert-OH is 1. The molecule has 1 heterocycles. The predicted octanol–water partition coefficient (Wildman–Crippen LogP) is 1.76. The number of rotatable bonds is 6. The molecule has 0 aromatic carbocycles. The summed E-state index contributed by atoms with van der Waals surface area (Å²) in [6, 6.07) is 0. The molecule has 96 valence electrons. The van der Waals surface area contributed by atoms with Crippen molar-refractivity contribution in [1.29, 1.82) is 0 Å². The van der Waals surface area contributed by atoms with Crippen LogP contribution in [-0.2, 0) is 0 Å². The molecule has 0 saturated heterocycles. The Morgan fingerprint density at radius 3 is 2.65 bits per heavy atom. The van der Waals surface area contributed by atoms with E-state index in [-0.39, 0.29) is 12.0 Å². The summed E-state index contributed by atoms with van der Waals surface area (Å²) >= 11 is 0. The van der Waals surface area contributed by atoms with Crippen LogP contribution in [0.1, 0.15) is 45.1 Å². The minimum absolute atomic E-state index is 0.253. The van der Waals surface area contributed by atoms with Crippen molar-refractivity contribution >= 4 is 11.6 Å². The van der Waals surface area contributed by atoms with Crippen LogP contribution < -0.4 is 11.1 Å². The van der Waals surface area contributed by atoms with E-state index in [4.69, 9.17) is 10.8 Å². The highest BCUT2D eigenvalue weighted by Gasteiger charge is 2.12. The molecule has 1 atom stereocenters. The Kier molecular flexibility index (Phi) is 5.15. The van der Waals surface area contributed by atoms with Crippen molar-refractivity contribution in [2.24, 2.45) is 0 Å². The van der Waals surface area contributed by atoms with Crippen molar-refractivity contribution < 1.29 is 5.11 Å². The largest absolute Gasteiger partial charge is 0.393 e. The number of aliphatic hydroxyl groups is 1. The zero-order valence-electron chi connectivity index (χ0n) is 10.8. The zero-order chi connectivity index (χ0) is 12.8. The van der Waals surface area contributed by atoms with E-state index in [9.17, 15) is 0 Å². The Bertz CT molecular complexity index is 352. The molecule has 0 aliphatic heterocycles. The van der Waals surface area contributed by atoms with Crippen LogP contribution in [0.15, 0.2) is 6.33 Å². The van der Waals surface area contributed by atoms with Crippen LogP contribution in [0, 0.1) is 0 Å². The number of nitrogens with one attached hydrogen (secondary N) is 1. The molecule has 0 spiro atoms. The monoisotopic (exact) mass is 238 g/mol. The molecule has 0 aliphatic carbocycles. The molecule has 1 aromatic heterocycles. The number of nitrogen functional groups attached to an aromatic ring is 1. The van der Waals surface area contributed by atoms with E-state index in [1.54, 1.807) is 6.92 Å². The molecule has 0 aliphatic rings. The van der Waals surface area contributed by atoms with Gasteiger partial charge in [-0.1, -0.05) is 13.8 Å². The van der Waals surface area contributed by atoms with Gasteiger partial charge >= 0.3 is 0 Å². The van der Waals surface area contributed by atoms with E-state index in [0.29, 0.717) is 5.82 Å². The molecule has 5 heteroatoms. The maximum absolute atomic E-state index is 9.16. The third-order valence-electron chi connectivity index (χ3n) is 2.58. The molecule has 0 amide bonds. The van der Waals surface area contributed by atoms with E-state index >= 15 is 0 Å². The lowest BCUT2D eigenvalue weighted by Crippen LogP contribution is -2.12. The first-order valence-corrected chi connectivity index (χ1v) is 6.04. The van der Waals surface area contributed by atoms with Crippen LogP contribution in [-0.4, -0.2) is 27.7 Å². The number of nitrogens with two attached hydrogens (primary N) is 1. The minimum Gasteiger partial charge on any atom is -0.393 e. The topological polar surface area (TPSA) is 84.1 Å². The van der Waals surface area contributed by atoms with Gasteiger partial charge in [0.25, 0.3) is 0 Å². The number of aromatic nitrogens is 2. The van der Waals surface area contributed by atoms with Gasteiger partial charge in [0.2, 0.25) is 0 Å². The van der Waals surface area contributed by atoms with Gasteiger partial charge in [-0.2, -0.15) is 0 Å². The fourth-order valence-electron chi connectivity index (χ4n) is 1.72. The summed E-state index contributed by atoms with van der Waals surface area (Å²) in [7, 11) is 0. The number of nitrogens with zero attached hydrogens (tertiary/aromatic N) is 2. The van der Waals surface area contributed by atoms with Gasteiger partial charge in [-0.3, -0.25) is 0 Å². The molecule has 5 nitrogen and oxygen atoms in total. The number of anilines is 2. The molecule has 0 saturated carbocycles. The summed E-state index contributed by atoms with van der Waals surface area (Å²) in [6.07, 6.45) is 2.90. The first-order valence-electron chi connectivity index (χ1n) is 6.04. The van der Waals surface area contributed by atoms with Crippen molar-refractivity contribution in [3.63, 3.8) is 0 Å². The van der Waals surface area contributed by atoms with Crippen LogP contribution in [0.2, 0.25) is 0 Å². The maximum Gasteiger partial charge on any atom is 0.134 e. The molecular weight excluding hydrogens is 216 g/mol. The highest BCUT2D eigenvalue weighted by Crippen LogP contribution is 2.26. The van der Waals surface area contributed by atoms with Crippen LogP contribution >= 0.6 is 0 Å². The maximum atomic E-state index is 9.16. The second-order valence-electron chi connectivity index (χ2n) is 4.59. The fraction of sp³-hybridized carbons (Fsp3) is 0.667. The van der Waals surface area contributed by atoms with Gasteiger partial charge in [-0.25, -0.2) is 9.97 Å². The van der Waals surface area contributed by atoms with E-state index in [0.717, 1.165) is 30.8 Å². The van der Waals surface area contributed by atoms with Gasteiger partial charge in [0.15, 0.2) is 0 Å². The highest BCUT2D eigenvalue weighted by atomic mass is 16.3. The van der Waals surface area contributed by atoms with Crippen molar-refractivity contribution in [2.45, 2.75) is 45.6 Å². The van der Waals surface area contributed by atoms with Gasteiger partial charge in [-0.05, 0) is 25.7 Å². The smallest absolute Gasteiger partial charge is 0.134 e. The molecule has 0 bridgehead atoms. The zero-order valence-corrected chi connectivity index (χ0v) is 10.8. The summed E-state index contributed by atoms with van der Waals surface area (Å²) in [6.45, 7) is 6.70. The van der Waals surface area contributed by atoms with Gasteiger partial charge in [0.1, 0.15) is 18.0 Å². The van der Waals surface area contributed by atoms with Crippen molar-refractivity contribution in [1.82, 2.24) is 9.97 Å². The lowest BCUT2D eigenvalue weighted by atomic mass is 10.0. The molecule has 17 heavy (non-hydrogen) atoms. The Balaban J connectivity index is 2.61. The van der Waals surface area contributed by atoms with Crippen LogP contribution in [0.4, 0.5) is 11.6 Å². The molecular formula is C12H22N4O. The predicted molar refractivity (Wildman–Crippen MR) is 69.9 cm³/mol. The summed E-state index contributed by atoms with van der Waals surface area (Å²) in [4.78, 5) is 8.22. The first kappa shape index (κ1) is 13.7. The first-order chi connectivity index (χ1) is 8.02. The molecule has 0 fully saturated rings. The lowest BCUT2D eigenvalue weighted by molar-refractivity contribution is 0.183. The minimum atomic E-state index is -0.253. The molecule has 0 radical (unpaired) electrons. The second-order valence-corrected chi connectivity index (χ2v) is 4.59. The standard InChI is InChI=1S/C12H22N4O/c1-8(2)10-11(13)15-7-16-12(10)14-6-4-5-9(3)17/h7-9,17H,4-6H2,1-3H3,(H3,13,14,15,16). The van der Waals surface area contributed by atoms with Gasteiger partial charge < -0.3 is 16.2 Å². The van der Waals surface area contributed by atoms with Gasteiger partial charge in [0, 0.05) is 12.1 Å². The molecule has 4 N–H and O–H groups in total. The summed E-state index contributed by atoms with van der Waals surface area (Å²) in [5, 5.41) is 12.4. The Morgan fingerprint density at radius 1 is 1.35 bits per heavy atom. The molecule has 1 rings (SSSR count). The van der Waals surface area contributed by atoms with E-state index in [1.807, 2.05) is 0 Å². The van der Waals surface area contributed by atoms with E-state index < -0.39 is 0 Å². The van der Waals surface area contributed by atoms with Crippen LogP contribution in [0.3, 0.4) is 0 Å². The average molecular weight is 238 g/mol. The van der Waals surface area contributed by atoms with E-state index in [1.165, 1.54) is 6.33 Å². The Labute approximate surface area is 102 Å². The quantitative estimate of drug-likeness (QED) is 0.658.